The third kappa shape index (κ3) is 5.74. The Balaban J connectivity index is 2.24. The highest BCUT2D eigenvalue weighted by atomic mass is 32.2. The molecule has 0 saturated carbocycles. The van der Waals surface area contributed by atoms with E-state index in [4.69, 9.17) is 0 Å². The Hall–Kier alpha value is -0.730. The van der Waals surface area contributed by atoms with Crippen molar-refractivity contribution in [2.24, 2.45) is 0 Å². The van der Waals surface area contributed by atoms with Crippen LogP contribution in [0.2, 0.25) is 0 Å². The normalized spacial score (nSPS) is 12.3. The van der Waals surface area contributed by atoms with Gasteiger partial charge in [-0.15, -0.1) is 18.3 Å². The van der Waals surface area contributed by atoms with Gasteiger partial charge < -0.3 is 5.32 Å². The van der Waals surface area contributed by atoms with Crippen molar-refractivity contribution in [3.8, 4) is 0 Å². The second-order valence-electron chi connectivity index (χ2n) is 4.57. The average Bonchev–Trinajstić information content (AvgIpc) is 2.42. The first kappa shape index (κ1) is 15.3. The number of unbranched alkanes of at least 4 members (excludes halogenated alkanes) is 3. The van der Waals surface area contributed by atoms with Crippen LogP contribution in [-0.4, -0.2) is 12.8 Å². The SMILES string of the molecule is C=CCCCCCSc1ccc(C(C)NC)cc1. The van der Waals surface area contributed by atoms with Gasteiger partial charge in [0, 0.05) is 10.9 Å². The van der Waals surface area contributed by atoms with E-state index in [2.05, 4.69) is 43.1 Å². The fourth-order valence-corrected chi connectivity index (χ4v) is 2.69. The van der Waals surface area contributed by atoms with Crippen LogP contribution in [0.5, 0.6) is 0 Å². The smallest absolute Gasteiger partial charge is 0.0289 e. The number of benzene rings is 1. The van der Waals surface area contributed by atoms with Crippen LogP contribution >= 0.6 is 11.8 Å². The van der Waals surface area contributed by atoms with E-state index in [0.717, 1.165) is 6.42 Å². The summed E-state index contributed by atoms with van der Waals surface area (Å²) in [5.74, 6) is 1.22. The highest BCUT2D eigenvalue weighted by Crippen LogP contribution is 2.22. The zero-order chi connectivity index (χ0) is 13.2. The van der Waals surface area contributed by atoms with Crippen molar-refractivity contribution in [1.82, 2.24) is 5.32 Å². The van der Waals surface area contributed by atoms with Crippen LogP contribution in [0.25, 0.3) is 0 Å². The molecule has 1 N–H and O–H groups in total. The second-order valence-corrected chi connectivity index (χ2v) is 5.73. The van der Waals surface area contributed by atoms with Gasteiger partial charge in [0.2, 0.25) is 0 Å². The fourth-order valence-electron chi connectivity index (χ4n) is 1.78. The molecular formula is C16H25NS. The van der Waals surface area contributed by atoms with Gasteiger partial charge in [-0.3, -0.25) is 0 Å². The summed E-state index contributed by atoms with van der Waals surface area (Å²) < 4.78 is 0. The summed E-state index contributed by atoms with van der Waals surface area (Å²) in [6, 6.07) is 9.35. The number of hydrogen-bond donors (Lipinski definition) is 1. The number of hydrogen-bond acceptors (Lipinski definition) is 2. The molecule has 100 valence electrons. The molecule has 0 saturated heterocycles. The number of nitrogens with one attached hydrogen (secondary N) is 1. The zero-order valence-corrected chi connectivity index (χ0v) is 12.4. The number of allylic oxidation sites excluding steroid dienone is 1. The van der Waals surface area contributed by atoms with Gasteiger partial charge in [0.15, 0.2) is 0 Å². The molecule has 0 aliphatic rings. The van der Waals surface area contributed by atoms with E-state index in [9.17, 15) is 0 Å². The molecule has 0 aromatic heterocycles. The van der Waals surface area contributed by atoms with Crippen molar-refractivity contribution in [2.75, 3.05) is 12.8 Å². The maximum absolute atomic E-state index is 3.75. The Kier molecular flexibility index (Phi) is 7.86. The molecule has 0 amide bonds. The van der Waals surface area contributed by atoms with E-state index in [0.29, 0.717) is 6.04 Å². The first-order valence-electron chi connectivity index (χ1n) is 6.79. The van der Waals surface area contributed by atoms with E-state index in [1.807, 2.05) is 24.9 Å². The van der Waals surface area contributed by atoms with Gasteiger partial charge in [0.1, 0.15) is 0 Å². The molecule has 1 aromatic rings. The van der Waals surface area contributed by atoms with Crippen molar-refractivity contribution in [2.45, 2.75) is 43.5 Å². The topological polar surface area (TPSA) is 12.0 Å². The predicted molar refractivity (Wildman–Crippen MR) is 83.3 cm³/mol. The summed E-state index contributed by atoms with van der Waals surface area (Å²) in [5.41, 5.74) is 1.35. The summed E-state index contributed by atoms with van der Waals surface area (Å²) >= 11 is 1.96. The summed E-state index contributed by atoms with van der Waals surface area (Å²) in [5, 5.41) is 3.26. The van der Waals surface area contributed by atoms with Crippen LogP contribution in [0, 0.1) is 0 Å². The number of thioether (sulfide) groups is 1. The van der Waals surface area contributed by atoms with Crippen molar-refractivity contribution >= 4 is 11.8 Å². The van der Waals surface area contributed by atoms with E-state index in [1.165, 1.54) is 35.5 Å². The van der Waals surface area contributed by atoms with Crippen molar-refractivity contribution in [3.63, 3.8) is 0 Å². The summed E-state index contributed by atoms with van der Waals surface area (Å²) in [4.78, 5) is 1.38. The minimum Gasteiger partial charge on any atom is -0.313 e. The Morgan fingerprint density at radius 1 is 1.22 bits per heavy atom. The maximum Gasteiger partial charge on any atom is 0.0289 e. The molecule has 2 heteroatoms. The Labute approximate surface area is 116 Å². The Bertz CT molecular complexity index is 331. The minimum absolute atomic E-state index is 0.433. The summed E-state index contributed by atoms with van der Waals surface area (Å²) in [6.45, 7) is 5.93. The molecule has 1 aromatic carbocycles. The second kappa shape index (κ2) is 9.23. The van der Waals surface area contributed by atoms with Crippen LogP contribution in [-0.2, 0) is 0 Å². The molecule has 0 spiro atoms. The predicted octanol–water partition coefficient (Wildman–Crippen LogP) is 4.81. The molecule has 1 rings (SSSR count). The third-order valence-electron chi connectivity index (χ3n) is 3.13. The van der Waals surface area contributed by atoms with Crippen LogP contribution in [0.3, 0.4) is 0 Å². The highest BCUT2D eigenvalue weighted by Gasteiger charge is 2.01. The monoisotopic (exact) mass is 263 g/mol. The zero-order valence-electron chi connectivity index (χ0n) is 11.6. The highest BCUT2D eigenvalue weighted by molar-refractivity contribution is 7.99. The van der Waals surface area contributed by atoms with Crippen LogP contribution < -0.4 is 5.32 Å². The lowest BCUT2D eigenvalue weighted by atomic mass is 10.1. The molecule has 0 aliphatic heterocycles. The molecule has 0 bridgehead atoms. The largest absolute Gasteiger partial charge is 0.313 e. The van der Waals surface area contributed by atoms with E-state index in [1.54, 1.807) is 0 Å². The van der Waals surface area contributed by atoms with Crippen LogP contribution in [0.15, 0.2) is 41.8 Å². The molecule has 0 aliphatic carbocycles. The van der Waals surface area contributed by atoms with Gasteiger partial charge in [-0.1, -0.05) is 24.6 Å². The van der Waals surface area contributed by atoms with E-state index >= 15 is 0 Å². The minimum atomic E-state index is 0.433. The maximum atomic E-state index is 3.75. The molecule has 0 fully saturated rings. The molecule has 0 heterocycles. The summed E-state index contributed by atoms with van der Waals surface area (Å²) in [7, 11) is 2.00. The average molecular weight is 263 g/mol. The lowest BCUT2D eigenvalue weighted by Crippen LogP contribution is -2.11. The Morgan fingerprint density at radius 2 is 1.94 bits per heavy atom. The fraction of sp³-hybridized carbons (Fsp3) is 0.500. The van der Waals surface area contributed by atoms with Gasteiger partial charge in [0.25, 0.3) is 0 Å². The summed E-state index contributed by atoms with van der Waals surface area (Å²) in [6.07, 6.45) is 7.06. The lowest BCUT2D eigenvalue weighted by molar-refractivity contribution is 0.652. The quantitative estimate of drug-likeness (QED) is 0.390. The van der Waals surface area contributed by atoms with Gasteiger partial charge in [0.05, 0.1) is 0 Å². The molecule has 18 heavy (non-hydrogen) atoms. The molecule has 1 atom stereocenters. The van der Waals surface area contributed by atoms with E-state index < -0.39 is 0 Å². The molecule has 1 unspecified atom stereocenters. The Morgan fingerprint density at radius 3 is 2.56 bits per heavy atom. The van der Waals surface area contributed by atoms with Crippen LogP contribution in [0.4, 0.5) is 0 Å². The van der Waals surface area contributed by atoms with Gasteiger partial charge in [-0.25, -0.2) is 0 Å². The van der Waals surface area contributed by atoms with Crippen LogP contribution in [0.1, 0.15) is 44.2 Å². The first-order chi connectivity index (χ1) is 8.77. The van der Waals surface area contributed by atoms with Gasteiger partial charge in [-0.05, 0) is 56.7 Å². The van der Waals surface area contributed by atoms with Crippen molar-refractivity contribution in [1.29, 1.82) is 0 Å². The third-order valence-corrected chi connectivity index (χ3v) is 4.23. The standard InChI is InChI=1S/C16H25NS/c1-4-5-6-7-8-13-18-16-11-9-15(10-12-16)14(2)17-3/h4,9-12,14,17H,1,5-8,13H2,2-3H3. The molecule has 0 radical (unpaired) electrons. The molecule has 1 nitrogen and oxygen atoms in total. The molecular weight excluding hydrogens is 238 g/mol. The lowest BCUT2D eigenvalue weighted by Gasteiger charge is -2.10. The van der Waals surface area contributed by atoms with E-state index in [-0.39, 0.29) is 0 Å². The first-order valence-corrected chi connectivity index (χ1v) is 7.77. The van der Waals surface area contributed by atoms with Gasteiger partial charge >= 0.3 is 0 Å². The van der Waals surface area contributed by atoms with Crippen molar-refractivity contribution in [3.05, 3.63) is 42.5 Å². The number of rotatable bonds is 9. The van der Waals surface area contributed by atoms with Gasteiger partial charge in [-0.2, -0.15) is 0 Å². The van der Waals surface area contributed by atoms with Crippen molar-refractivity contribution < 1.29 is 0 Å².